The zero-order valence-corrected chi connectivity index (χ0v) is 22.4. The highest BCUT2D eigenvalue weighted by Gasteiger charge is 2.38. The number of ketones is 1. The van der Waals surface area contributed by atoms with E-state index < -0.39 is 11.9 Å². The number of piperidine rings is 1. The van der Waals surface area contributed by atoms with Gasteiger partial charge >= 0.3 is 6.18 Å². The van der Waals surface area contributed by atoms with Gasteiger partial charge in [-0.25, -0.2) is 0 Å². The Balaban J connectivity index is 1.07. The molecule has 1 saturated carbocycles. The summed E-state index contributed by atoms with van der Waals surface area (Å²) in [6.07, 6.45) is 3.88. The number of pyridine rings is 1. The number of halogens is 3. The number of benzene rings is 1. The van der Waals surface area contributed by atoms with Gasteiger partial charge in [-0.2, -0.15) is 18.3 Å². The quantitative estimate of drug-likeness (QED) is 0.325. The second-order valence-corrected chi connectivity index (χ2v) is 11.4. The van der Waals surface area contributed by atoms with E-state index in [9.17, 15) is 22.8 Å². The van der Waals surface area contributed by atoms with Gasteiger partial charge in [0.2, 0.25) is 5.91 Å². The van der Waals surface area contributed by atoms with E-state index in [0.29, 0.717) is 30.9 Å². The van der Waals surface area contributed by atoms with Crippen LogP contribution >= 0.6 is 0 Å². The van der Waals surface area contributed by atoms with Crippen LogP contribution in [0, 0.1) is 0 Å². The van der Waals surface area contributed by atoms with Crippen molar-refractivity contribution in [3.05, 3.63) is 82.4 Å². The molecule has 3 aliphatic rings. The van der Waals surface area contributed by atoms with E-state index in [2.05, 4.69) is 28.3 Å². The maximum atomic E-state index is 13.2. The maximum Gasteiger partial charge on any atom is 0.435 e. The molecule has 210 valence electrons. The summed E-state index contributed by atoms with van der Waals surface area (Å²) in [6.45, 7) is 0.852. The summed E-state index contributed by atoms with van der Waals surface area (Å²) in [4.78, 5) is 32.3. The minimum Gasteiger partial charge on any atom is -0.341 e. The summed E-state index contributed by atoms with van der Waals surface area (Å²) in [7, 11) is 0. The van der Waals surface area contributed by atoms with Crippen LogP contribution in [0.15, 0.2) is 48.7 Å². The first kappa shape index (κ1) is 26.7. The molecular weight excluding hydrogens is 517 g/mol. The van der Waals surface area contributed by atoms with Crippen LogP contribution in [0.3, 0.4) is 0 Å². The molecule has 6 nitrogen and oxygen atoms in total. The molecule has 0 N–H and O–H groups in total. The van der Waals surface area contributed by atoms with Gasteiger partial charge in [-0.05, 0) is 91.7 Å². The first-order valence-electron chi connectivity index (χ1n) is 14.3. The van der Waals surface area contributed by atoms with E-state index in [1.165, 1.54) is 15.8 Å². The van der Waals surface area contributed by atoms with Crippen molar-refractivity contribution in [2.45, 2.75) is 81.8 Å². The number of likely N-dealkylation sites (tertiary alicyclic amines) is 1. The van der Waals surface area contributed by atoms with E-state index in [1.54, 1.807) is 11.1 Å². The Hall–Kier alpha value is -3.49. The number of Topliss-reactive ketones (excluding diaryl/α,β-unsaturated/α-hetero) is 1. The van der Waals surface area contributed by atoms with Gasteiger partial charge in [0.15, 0.2) is 11.5 Å². The van der Waals surface area contributed by atoms with Crippen molar-refractivity contribution in [2.75, 3.05) is 13.1 Å². The number of fused-ring (bicyclic) bond motifs is 1. The number of carbonyl (C=O) groups is 2. The second-order valence-electron chi connectivity index (χ2n) is 11.4. The second kappa shape index (κ2) is 10.8. The molecular formula is C31H33F3N4O2. The molecule has 0 unspecified atom stereocenters. The monoisotopic (exact) mass is 550 g/mol. The summed E-state index contributed by atoms with van der Waals surface area (Å²) in [5.74, 6) is 0.311. The van der Waals surface area contributed by atoms with Gasteiger partial charge in [-0.15, -0.1) is 0 Å². The number of amides is 1. The van der Waals surface area contributed by atoms with Crippen molar-refractivity contribution >= 4 is 11.7 Å². The number of alkyl halides is 3. The summed E-state index contributed by atoms with van der Waals surface area (Å²) in [6, 6.07) is 13.3. The number of aryl methyl sites for hydroxylation is 1. The Morgan fingerprint density at radius 2 is 1.73 bits per heavy atom. The minimum atomic E-state index is -4.53. The van der Waals surface area contributed by atoms with Crippen LogP contribution in [-0.4, -0.2) is 44.4 Å². The SMILES string of the molecule is O=C(C[C@@H]1CCCc2ccccc21)c1cc(C2CCN(C(=O)Cn3nc(C(F)(F)F)cc3C3CC3)CC2)ccn1. The van der Waals surface area contributed by atoms with Crippen LogP contribution in [0.1, 0.15) is 101 Å². The predicted molar refractivity (Wildman–Crippen MR) is 143 cm³/mol. The molecule has 1 aromatic carbocycles. The topological polar surface area (TPSA) is 68.1 Å². The number of carbonyl (C=O) groups excluding carboxylic acids is 2. The van der Waals surface area contributed by atoms with Crippen molar-refractivity contribution in [1.29, 1.82) is 0 Å². The van der Waals surface area contributed by atoms with Gasteiger partial charge in [0.05, 0.1) is 0 Å². The van der Waals surface area contributed by atoms with Gasteiger partial charge in [-0.1, -0.05) is 24.3 Å². The highest BCUT2D eigenvalue weighted by molar-refractivity contribution is 5.95. The largest absolute Gasteiger partial charge is 0.435 e. The number of nitrogens with zero attached hydrogens (tertiary/aromatic N) is 4. The average Bonchev–Trinajstić information content (AvgIpc) is 3.72. The Morgan fingerprint density at radius 1 is 0.950 bits per heavy atom. The molecule has 1 atom stereocenters. The first-order valence-corrected chi connectivity index (χ1v) is 14.3. The van der Waals surface area contributed by atoms with Crippen LogP contribution in [0.2, 0.25) is 0 Å². The highest BCUT2D eigenvalue weighted by Crippen LogP contribution is 2.42. The van der Waals surface area contributed by atoms with E-state index in [1.807, 2.05) is 18.2 Å². The third kappa shape index (κ3) is 5.69. The molecule has 1 saturated heterocycles. The van der Waals surface area contributed by atoms with Crippen LogP contribution in [0.4, 0.5) is 13.2 Å². The van der Waals surface area contributed by atoms with Crippen LogP contribution in [0.25, 0.3) is 0 Å². The van der Waals surface area contributed by atoms with Gasteiger partial charge < -0.3 is 4.90 Å². The minimum absolute atomic E-state index is 0.0542. The van der Waals surface area contributed by atoms with Crippen molar-refractivity contribution in [1.82, 2.24) is 19.7 Å². The van der Waals surface area contributed by atoms with E-state index in [-0.39, 0.29) is 36.0 Å². The van der Waals surface area contributed by atoms with Crippen LogP contribution in [0.5, 0.6) is 0 Å². The standard InChI is InChI=1S/C31H33F3N4O2/c32-31(33,34)29-18-27(22-8-9-22)38(36-29)19-30(40)37-14-11-20(12-15-37)23-10-13-35-26(16-23)28(39)17-24-6-3-5-21-4-1-2-7-25(21)24/h1-2,4,7,10,13,16,18,20,22,24H,3,5-6,8-9,11-12,14-15,17,19H2/t24-/m0/s1. The number of hydrogen-bond acceptors (Lipinski definition) is 4. The lowest BCUT2D eigenvalue weighted by Crippen LogP contribution is -2.40. The summed E-state index contributed by atoms with van der Waals surface area (Å²) >= 11 is 0. The molecule has 2 aliphatic carbocycles. The molecule has 40 heavy (non-hydrogen) atoms. The lowest BCUT2D eigenvalue weighted by atomic mass is 9.80. The Morgan fingerprint density at radius 3 is 2.48 bits per heavy atom. The van der Waals surface area contributed by atoms with Gasteiger partial charge in [0.25, 0.3) is 0 Å². The van der Waals surface area contributed by atoms with Crippen molar-refractivity contribution in [3.63, 3.8) is 0 Å². The first-order chi connectivity index (χ1) is 19.3. The fourth-order valence-electron chi connectivity index (χ4n) is 6.34. The maximum absolute atomic E-state index is 13.2. The fourth-order valence-corrected chi connectivity index (χ4v) is 6.34. The molecule has 2 aromatic heterocycles. The van der Waals surface area contributed by atoms with Gasteiger partial charge in [0.1, 0.15) is 12.2 Å². The smallest absolute Gasteiger partial charge is 0.341 e. The van der Waals surface area contributed by atoms with Gasteiger partial charge in [-0.3, -0.25) is 19.3 Å². The number of hydrogen-bond donors (Lipinski definition) is 0. The van der Waals surface area contributed by atoms with E-state index in [4.69, 9.17) is 0 Å². The third-order valence-corrected chi connectivity index (χ3v) is 8.70. The zero-order valence-electron chi connectivity index (χ0n) is 22.4. The Kier molecular flexibility index (Phi) is 7.23. The van der Waals surface area contributed by atoms with Crippen molar-refractivity contribution in [2.24, 2.45) is 0 Å². The molecule has 3 heterocycles. The zero-order chi connectivity index (χ0) is 27.9. The van der Waals surface area contributed by atoms with Crippen molar-refractivity contribution in [3.8, 4) is 0 Å². The number of aromatic nitrogens is 3. The summed E-state index contributed by atoms with van der Waals surface area (Å²) in [5, 5.41) is 3.73. The molecule has 3 aromatic rings. The highest BCUT2D eigenvalue weighted by atomic mass is 19.4. The lowest BCUT2D eigenvalue weighted by Gasteiger charge is -2.32. The summed E-state index contributed by atoms with van der Waals surface area (Å²) in [5.41, 5.74) is 3.73. The normalized spacial score (nSPS) is 19.9. The van der Waals surface area contributed by atoms with Gasteiger partial charge in [0, 0.05) is 37.3 Å². The van der Waals surface area contributed by atoms with E-state index in [0.717, 1.165) is 56.6 Å². The van der Waals surface area contributed by atoms with Crippen LogP contribution in [-0.2, 0) is 23.9 Å². The third-order valence-electron chi connectivity index (χ3n) is 8.70. The Labute approximate surface area is 231 Å². The molecule has 0 bridgehead atoms. The number of rotatable bonds is 7. The van der Waals surface area contributed by atoms with Crippen molar-refractivity contribution < 1.29 is 22.8 Å². The predicted octanol–water partition coefficient (Wildman–Crippen LogP) is 6.27. The molecule has 9 heteroatoms. The Bertz CT molecular complexity index is 1400. The lowest BCUT2D eigenvalue weighted by molar-refractivity contribution is -0.142. The molecule has 0 radical (unpaired) electrons. The molecule has 2 fully saturated rings. The molecule has 1 amide bonds. The molecule has 6 rings (SSSR count). The molecule has 0 spiro atoms. The van der Waals surface area contributed by atoms with Crippen LogP contribution < -0.4 is 0 Å². The summed E-state index contributed by atoms with van der Waals surface area (Å²) < 4.78 is 40.9. The molecule has 1 aliphatic heterocycles. The average molecular weight is 551 g/mol. The fraction of sp³-hybridized carbons (Fsp3) is 0.484. The van der Waals surface area contributed by atoms with E-state index >= 15 is 0 Å².